The Balaban J connectivity index is 1.34. The van der Waals surface area contributed by atoms with Crippen LogP contribution in [-0.4, -0.2) is 47.6 Å². The van der Waals surface area contributed by atoms with Crippen molar-refractivity contribution in [3.63, 3.8) is 0 Å². The molecule has 3 aromatic heterocycles. The number of rotatable bonds is 4. The van der Waals surface area contributed by atoms with Crippen molar-refractivity contribution in [2.24, 2.45) is 0 Å². The standard InChI is InChI=1S/C17H21N9/c18-14-16(19-10-20-17(14)26-7-1-6-22-26)24-8-4-12(5-9-24)15-23-21-11-25(15)13-2-3-13/h1,6-7,10-13H,2-5,8-9,18H2. The molecule has 26 heavy (non-hydrogen) atoms. The van der Waals surface area contributed by atoms with Crippen molar-refractivity contribution in [1.29, 1.82) is 0 Å². The number of piperidine rings is 1. The number of aromatic nitrogens is 7. The maximum Gasteiger partial charge on any atom is 0.181 e. The summed E-state index contributed by atoms with van der Waals surface area (Å²) in [4.78, 5) is 11.0. The molecule has 2 N–H and O–H groups in total. The Labute approximate surface area is 150 Å². The van der Waals surface area contributed by atoms with Crippen LogP contribution >= 0.6 is 0 Å². The molecule has 0 unspecified atom stereocenters. The van der Waals surface area contributed by atoms with Gasteiger partial charge >= 0.3 is 0 Å². The Bertz CT molecular complexity index is 889. The van der Waals surface area contributed by atoms with Crippen LogP contribution in [0.4, 0.5) is 11.5 Å². The average Bonchev–Trinajstić information content (AvgIpc) is 3.17. The van der Waals surface area contributed by atoms with Crippen LogP contribution in [0.1, 0.15) is 43.5 Å². The van der Waals surface area contributed by atoms with Gasteiger partial charge in [-0.05, 0) is 31.7 Å². The second kappa shape index (κ2) is 6.08. The van der Waals surface area contributed by atoms with Crippen molar-refractivity contribution in [3.05, 3.63) is 36.9 Å². The molecule has 0 radical (unpaired) electrons. The minimum absolute atomic E-state index is 0.447. The minimum atomic E-state index is 0.447. The first kappa shape index (κ1) is 15.3. The highest BCUT2D eigenvalue weighted by Crippen LogP contribution is 2.39. The Morgan fingerprint density at radius 1 is 1.04 bits per heavy atom. The lowest BCUT2D eigenvalue weighted by Gasteiger charge is -2.33. The van der Waals surface area contributed by atoms with Gasteiger partial charge in [-0.15, -0.1) is 10.2 Å². The van der Waals surface area contributed by atoms with Gasteiger partial charge < -0.3 is 15.2 Å². The fourth-order valence-corrected chi connectivity index (χ4v) is 3.73. The summed E-state index contributed by atoms with van der Waals surface area (Å²) in [7, 11) is 0. The van der Waals surface area contributed by atoms with Crippen LogP contribution in [0, 0.1) is 0 Å². The molecule has 0 bridgehead atoms. The average molecular weight is 351 g/mol. The largest absolute Gasteiger partial charge is 0.393 e. The molecule has 2 fully saturated rings. The van der Waals surface area contributed by atoms with Crippen LogP contribution in [-0.2, 0) is 0 Å². The SMILES string of the molecule is Nc1c(N2CCC(c3nncn3C3CC3)CC2)ncnc1-n1cccn1. The molecule has 0 spiro atoms. The summed E-state index contributed by atoms with van der Waals surface area (Å²) in [6.07, 6.45) is 11.5. The molecule has 134 valence electrons. The predicted molar refractivity (Wildman–Crippen MR) is 96.0 cm³/mol. The van der Waals surface area contributed by atoms with Crippen LogP contribution in [0.5, 0.6) is 0 Å². The van der Waals surface area contributed by atoms with Crippen molar-refractivity contribution >= 4 is 11.5 Å². The molecule has 4 heterocycles. The molecule has 9 nitrogen and oxygen atoms in total. The summed E-state index contributed by atoms with van der Waals surface area (Å²) in [6.45, 7) is 1.78. The Hall–Kier alpha value is -2.97. The first-order valence-corrected chi connectivity index (χ1v) is 9.06. The molecule has 1 saturated carbocycles. The number of nitrogens with zero attached hydrogens (tertiary/aromatic N) is 8. The van der Waals surface area contributed by atoms with Crippen LogP contribution in [0.2, 0.25) is 0 Å². The lowest BCUT2D eigenvalue weighted by atomic mass is 9.95. The smallest absolute Gasteiger partial charge is 0.181 e. The van der Waals surface area contributed by atoms with Gasteiger partial charge in [-0.25, -0.2) is 14.6 Å². The fraction of sp³-hybridized carbons (Fsp3) is 0.471. The third-order valence-electron chi connectivity index (χ3n) is 5.26. The van der Waals surface area contributed by atoms with Gasteiger partial charge in [0.25, 0.3) is 0 Å². The number of nitrogen functional groups attached to an aromatic ring is 1. The summed E-state index contributed by atoms with van der Waals surface area (Å²) in [5.74, 6) is 2.99. The number of hydrogen-bond donors (Lipinski definition) is 1. The first-order valence-electron chi connectivity index (χ1n) is 9.06. The Morgan fingerprint density at radius 2 is 1.85 bits per heavy atom. The quantitative estimate of drug-likeness (QED) is 0.760. The van der Waals surface area contributed by atoms with Gasteiger partial charge in [0.05, 0.1) is 0 Å². The monoisotopic (exact) mass is 351 g/mol. The molecule has 5 rings (SSSR count). The molecular formula is C17H21N9. The van der Waals surface area contributed by atoms with Crippen molar-refractivity contribution in [2.75, 3.05) is 23.7 Å². The number of nitrogens with two attached hydrogens (primary N) is 1. The van der Waals surface area contributed by atoms with E-state index < -0.39 is 0 Å². The van der Waals surface area contributed by atoms with E-state index in [1.54, 1.807) is 17.2 Å². The number of hydrogen-bond acceptors (Lipinski definition) is 7. The molecule has 1 aliphatic heterocycles. The van der Waals surface area contributed by atoms with E-state index in [1.165, 1.54) is 12.8 Å². The van der Waals surface area contributed by atoms with E-state index in [4.69, 9.17) is 5.73 Å². The van der Waals surface area contributed by atoms with Crippen LogP contribution in [0.25, 0.3) is 5.82 Å². The summed E-state index contributed by atoms with van der Waals surface area (Å²) >= 11 is 0. The van der Waals surface area contributed by atoms with Crippen molar-refractivity contribution in [1.82, 2.24) is 34.5 Å². The minimum Gasteiger partial charge on any atom is -0.393 e. The van der Waals surface area contributed by atoms with Gasteiger partial charge in [-0.3, -0.25) is 0 Å². The van der Waals surface area contributed by atoms with E-state index >= 15 is 0 Å². The maximum atomic E-state index is 6.35. The zero-order valence-electron chi connectivity index (χ0n) is 14.4. The van der Waals surface area contributed by atoms with Gasteiger partial charge in [-0.2, -0.15) is 5.10 Å². The normalized spacial score (nSPS) is 18.4. The van der Waals surface area contributed by atoms with E-state index in [2.05, 4.69) is 34.7 Å². The molecule has 0 atom stereocenters. The van der Waals surface area contributed by atoms with Crippen molar-refractivity contribution < 1.29 is 0 Å². The van der Waals surface area contributed by atoms with E-state index in [-0.39, 0.29) is 0 Å². The van der Waals surface area contributed by atoms with Crippen molar-refractivity contribution in [3.8, 4) is 5.82 Å². The molecule has 1 saturated heterocycles. The zero-order valence-corrected chi connectivity index (χ0v) is 14.4. The summed E-state index contributed by atoms with van der Waals surface area (Å²) < 4.78 is 3.95. The van der Waals surface area contributed by atoms with Crippen LogP contribution in [0.3, 0.4) is 0 Å². The highest BCUT2D eigenvalue weighted by molar-refractivity contribution is 5.70. The third-order valence-corrected chi connectivity index (χ3v) is 5.26. The molecule has 0 amide bonds. The number of anilines is 2. The Morgan fingerprint density at radius 3 is 2.58 bits per heavy atom. The second-order valence-electron chi connectivity index (χ2n) is 6.97. The van der Waals surface area contributed by atoms with Gasteiger partial charge in [0.1, 0.15) is 24.2 Å². The highest BCUT2D eigenvalue weighted by Gasteiger charge is 2.31. The van der Waals surface area contributed by atoms with Crippen LogP contribution in [0.15, 0.2) is 31.1 Å². The van der Waals surface area contributed by atoms with E-state index in [1.807, 2.05) is 18.6 Å². The molecule has 9 heteroatoms. The fourth-order valence-electron chi connectivity index (χ4n) is 3.73. The van der Waals surface area contributed by atoms with E-state index in [0.717, 1.165) is 37.6 Å². The zero-order chi connectivity index (χ0) is 17.5. The summed E-state index contributed by atoms with van der Waals surface area (Å²) in [5, 5.41) is 12.8. The molecule has 3 aromatic rings. The third kappa shape index (κ3) is 2.59. The molecule has 2 aliphatic rings. The van der Waals surface area contributed by atoms with E-state index in [9.17, 15) is 0 Å². The summed E-state index contributed by atoms with van der Waals surface area (Å²) in [6, 6.07) is 2.47. The second-order valence-corrected chi connectivity index (χ2v) is 6.97. The van der Waals surface area contributed by atoms with Gasteiger partial charge in [-0.1, -0.05) is 0 Å². The van der Waals surface area contributed by atoms with Gasteiger partial charge in [0.15, 0.2) is 11.6 Å². The first-order chi connectivity index (χ1) is 12.8. The van der Waals surface area contributed by atoms with E-state index in [0.29, 0.717) is 23.5 Å². The van der Waals surface area contributed by atoms with Gasteiger partial charge in [0.2, 0.25) is 0 Å². The molecular weight excluding hydrogens is 330 g/mol. The van der Waals surface area contributed by atoms with Crippen molar-refractivity contribution in [2.45, 2.75) is 37.6 Å². The molecule has 0 aromatic carbocycles. The lowest BCUT2D eigenvalue weighted by molar-refractivity contribution is 0.463. The maximum absolute atomic E-state index is 6.35. The van der Waals surface area contributed by atoms with Crippen LogP contribution < -0.4 is 10.6 Å². The lowest BCUT2D eigenvalue weighted by Crippen LogP contribution is -2.35. The highest BCUT2D eigenvalue weighted by atomic mass is 15.3. The van der Waals surface area contributed by atoms with Gasteiger partial charge in [0, 0.05) is 37.4 Å². The topological polar surface area (TPSA) is 104 Å². The Kier molecular flexibility index (Phi) is 3.58. The summed E-state index contributed by atoms with van der Waals surface area (Å²) in [5.41, 5.74) is 6.92. The predicted octanol–water partition coefficient (Wildman–Crippen LogP) is 1.55. The molecule has 1 aliphatic carbocycles.